The van der Waals surface area contributed by atoms with Crippen molar-refractivity contribution in [2.24, 2.45) is 0 Å². The number of aliphatic hydroxyl groups is 1. The van der Waals surface area contributed by atoms with Gasteiger partial charge in [-0.25, -0.2) is 0 Å². The third-order valence-corrected chi connectivity index (χ3v) is 1.69. The first-order valence-electron chi connectivity index (χ1n) is 4.02. The van der Waals surface area contributed by atoms with Crippen LogP contribution in [0, 0.1) is 11.8 Å². The molecule has 0 saturated heterocycles. The van der Waals surface area contributed by atoms with Crippen LogP contribution in [0.15, 0.2) is 18.2 Å². The minimum Gasteiger partial charge on any atom is -0.398 e. The zero-order chi connectivity index (χ0) is 11.5. The Kier molecular flexibility index (Phi) is 3.22. The lowest BCUT2D eigenvalue weighted by Crippen LogP contribution is -2.09. The topological polar surface area (TPSA) is 46.2 Å². The quantitative estimate of drug-likeness (QED) is 0.510. The Morgan fingerprint density at radius 1 is 1.33 bits per heavy atom. The predicted octanol–water partition coefficient (Wildman–Crippen LogP) is 1.63. The van der Waals surface area contributed by atoms with Crippen LogP contribution in [0.3, 0.4) is 0 Å². The summed E-state index contributed by atoms with van der Waals surface area (Å²) >= 11 is 0. The first kappa shape index (κ1) is 11.4. The molecule has 0 spiro atoms. The second-order valence-electron chi connectivity index (χ2n) is 2.73. The zero-order valence-electron chi connectivity index (χ0n) is 7.60. The van der Waals surface area contributed by atoms with Crippen LogP contribution in [-0.2, 0) is 6.18 Å². The molecule has 1 rings (SSSR count). The van der Waals surface area contributed by atoms with Gasteiger partial charge in [-0.1, -0.05) is 17.9 Å². The van der Waals surface area contributed by atoms with E-state index in [9.17, 15) is 13.2 Å². The molecule has 0 unspecified atom stereocenters. The van der Waals surface area contributed by atoms with Crippen molar-refractivity contribution in [2.75, 3.05) is 12.3 Å². The van der Waals surface area contributed by atoms with Gasteiger partial charge in [0.2, 0.25) is 0 Å². The third-order valence-electron chi connectivity index (χ3n) is 1.69. The molecule has 0 aromatic heterocycles. The van der Waals surface area contributed by atoms with Crippen molar-refractivity contribution >= 4 is 5.69 Å². The maximum Gasteiger partial charge on any atom is 0.417 e. The smallest absolute Gasteiger partial charge is 0.398 e. The fraction of sp³-hybridized carbons (Fsp3) is 0.200. The number of halogens is 3. The van der Waals surface area contributed by atoms with Crippen LogP contribution in [0.25, 0.3) is 0 Å². The highest BCUT2D eigenvalue weighted by molar-refractivity contribution is 5.60. The summed E-state index contributed by atoms with van der Waals surface area (Å²) in [5.41, 5.74) is 4.15. The standard InChI is InChI=1S/C10H8F3NO/c11-10(12,13)8-4-1-5-9(14)7(8)3-2-6-15/h1,4-5,15H,6,14H2. The summed E-state index contributed by atoms with van der Waals surface area (Å²) in [6, 6.07) is 3.44. The third kappa shape index (κ3) is 2.64. The molecule has 15 heavy (non-hydrogen) atoms. The van der Waals surface area contributed by atoms with E-state index in [-0.39, 0.29) is 11.3 Å². The van der Waals surface area contributed by atoms with Gasteiger partial charge in [-0.2, -0.15) is 13.2 Å². The second-order valence-corrected chi connectivity index (χ2v) is 2.73. The second kappa shape index (κ2) is 4.24. The highest BCUT2D eigenvalue weighted by Crippen LogP contribution is 2.33. The van der Waals surface area contributed by atoms with Crippen molar-refractivity contribution < 1.29 is 18.3 Å². The van der Waals surface area contributed by atoms with E-state index < -0.39 is 18.3 Å². The van der Waals surface area contributed by atoms with Gasteiger partial charge < -0.3 is 10.8 Å². The molecule has 80 valence electrons. The molecule has 0 heterocycles. The van der Waals surface area contributed by atoms with Crippen LogP contribution in [0.4, 0.5) is 18.9 Å². The average molecular weight is 215 g/mol. The largest absolute Gasteiger partial charge is 0.417 e. The van der Waals surface area contributed by atoms with Gasteiger partial charge in [0.25, 0.3) is 0 Å². The number of nitrogen functional groups attached to an aromatic ring is 1. The average Bonchev–Trinajstić information content (AvgIpc) is 2.14. The molecule has 3 N–H and O–H groups in total. The zero-order valence-corrected chi connectivity index (χ0v) is 7.60. The summed E-state index contributed by atoms with van der Waals surface area (Å²) in [7, 11) is 0. The molecule has 1 aromatic carbocycles. The molecule has 0 amide bonds. The van der Waals surface area contributed by atoms with Crippen LogP contribution in [0.5, 0.6) is 0 Å². The number of hydrogen-bond acceptors (Lipinski definition) is 2. The van der Waals surface area contributed by atoms with Gasteiger partial charge in [0, 0.05) is 5.69 Å². The van der Waals surface area contributed by atoms with Crippen LogP contribution in [0.2, 0.25) is 0 Å². The fourth-order valence-corrected chi connectivity index (χ4v) is 1.07. The number of anilines is 1. The molecule has 0 aliphatic carbocycles. The normalized spacial score (nSPS) is 10.7. The molecule has 0 fully saturated rings. The van der Waals surface area contributed by atoms with Crippen LogP contribution < -0.4 is 5.73 Å². The Hall–Kier alpha value is -1.67. The molecular formula is C10H8F3NO. The maximum absolute atomic E-state index is 12.5. The van der Waals surface area contributed by atoms with E-state index >= 15 is 0 Å². The van der Waals surface area contributed by atoms with Crippen molar-refractivity contribution in [1.29, 1.82) is 0 Å². The van der Waals surface area contributed by atoms with E-state index in [2.05, 4.69) is 11.8 Å². The van der Waals surface area contributed by atoms with E-state index in [0.717, 1.165) is 6.07 Å². The number of rotatable bonds is 0. The van der Waals surface area contributed by atoms with Gasteiger partial charge in [0.05, 0.1) is 11.1 Å². The first-order chi connectivity index (χ1) is 6.96. The van der Waals surface area contributed by atoms with Gasteiger partial charge in [-0.15, -0.1) is 0 Å². The summed E-state index contributed by atoms with van der Waals surface area (Å²) in [6.45, 7) is -0.508. The SMILES string of the molecule is Nc1cccc(C(F)(F)F)c1C#CCO. The van der Waals surface area contributed by atoms with Gasteiger partial charge in [-0.05, 0) is 12.1 Å². The Bertz CT molecular complexity index is 415. The molecule has 0 atom stereocenters. The summed E-state index contributed by atoms with van der Waals surface area (Å²) in [6.07, 6.45) is -4.49. The molecule has 0 radical (unpaired) electrons. The Balaban J connectivity index is 3.33. The molecule has 5 heteroatoms. The van der Waals surface area contributed by atoms with E-state index in [0.29, 0.717) is 0 Å². The van der Waals surface area contributed by atoms with E-state index in [1.54, 1.807) is 0 Å². The highest BCUT2D eigenvalue weighted by atomic mass is 19.4. The van der Waals surface area contributed by atoms with Crippen LogP contribution in [0.1, 0.15) is 11.1 Å². The lowest BCUT2D eigenvalue weighted by atomic mass is 10.1. The number of aliphatic hydroxyl groups excluding tert-OH is 1. The molecule has 0 saturated carbocycles. The van der Waals surface area contributed by atoms with Crippen molar-refractivity contribution in [3.05, 3.63) is 29.3 Å². The monoisotopic (exact) mass is 215 g/mol. The number of alkyl halides is 3. The molecule has 0 aliphatic heterocycles. The van der Waals surface area contributed by atoms with E-state index in [1.807, 2.05) is 0 Å². The first-order valence-corrected chi connectivity index (χ1v) is 4.02. The van der Waals surface area contributed by atoms with Gasteiger partial charge in [-0.3, -0.25) is 0 Å². The van der Waals surface area contributed by atoms with Gasteiger partial charge in [0.15, 0.2) is 0 Å². The molecule has 2 nitrogen and oxygen atoms in total. The van der Waals surface area contributed by atoms with Gasteiger partial charge >= 0.3 is 6.18 Å². The Morgan fingerprint density at radius 3 is 2.53 bits per heavy atom. The summed E-state index contributed by atoms with van der Waals surface area (Å²) in [4.78, 5) is 0. The minimum atomic E-state index is -4.49. The Morgan fingerprint density at radius 2 is 2.00 bits per heavy atom. The number of nitrogens with two attached hydrogens (primary N) is 1. The van der Waals surface area contributed by atoms with Crippen molar-refractivity contribution in [3.63, 3.8) is 0 Å². The van der Waals surface area contributed by atoms with Crippen LogP contribution >= 0.6 is 0 Å². The fourth-order valence-electron chi connectivity index (χ4n) is 1.07. The lowest BCUT2D eigenvalue weighted by molar-refractivity contribution is -0.137. The predicted molar refractivity (Wildman–Crippen MR) is 49.8 cm³/mol. The van der Waals surface area contributed by atoms with E-state index in [1.165, 1.54) is 12.1 Å². The van der Waals surface area contributed by atoms with E-state index in [4.69, 9.17) is 10.8 Å². The summed E-state index contributed by atoms with van der Waals surface area (Å²) < 4.78 is 37.4. The molecule has 0 bridgehead atoms. The van der Waals surface area contributed by atoms with Crippen molar-refractivity contribution in [3.8, 4) is 11.8 Å². The summed E-state index contributed by atoms with van der Waals surface area (Å²) in [5.74, 6) is 4.34. The van der Waals surface area contributed by atoms with Crippen molar-refractivity contribution in [1.82, 2.24) is 0 Å². The number of hydrogen-bond donors (Lipinski definition) is 2. The maximum atomic E-state index is 12.5. The molecular weight excluding hydrogens is 207 g/mol. The van der Waals surface area contributed by atoms with Gasteiger partial charge in [0.1, 0.15) is 6.61 Å². The summed E-state index contributed by atoms with van der Waals surface area (Å²) in [5, 5.41) is 8.42. The minimum absolute atomic E-state index is 0.0502. The number of benzene rings is 1. The molecule has 0 aliphatic rings. The van der Waals surface area contributed by atoms with Crippen molar-refractivity contribution in [2.45, 2.75) is 6.18 Å². The lowest BCUT2D eigenvalue weighted by Gasteiger charge is -2.10. The molecule has 1 aromatic rings. The van der Waals surface area contributed by atoms with Crippen LogP contribution in [-0.4, -0.2) is 11.7 Å². The Labute approximate surface area is 84.5 Å². The highest BCUT2D eigenvalue weighted by Gasteiger charge is 2.33.